The first-order valence-electron chi connectivity index (χ1n) is 19.4. The van der Waals surface area contributed by atoms with Crippen LogP contribution in [0.2, 0.25) is 0 Å². The van der Waals surface area contributed by atoms with Gasteiger partial charge >= 0.3 is 0 Å². The standard InChI is InChI=1S/C45H44N8O3/c1-51(2)42(33-10-4-3-5-11-33)45(55)53-25-9-14-39(53)44-47-28-37(49-44)32-22-18-30(19-23-32)29-16-20-31(21-17-29)36-27-46-43(48-36)38-13-8-24-52(38)41(54)26-35-34-12-6-7-15-40(34)56-50-35/h3-7,10-12,15-23,27-28,38-39,42H,8-9,13-14,24-26H2,1-2H3,(H,46,48)(H,47,49)/t38-,39-,42+/m0/s1. The highest BCUT2D eigenvalue weighted by atomic mass is 16.5. The molecule has 0 radical (unpaired) electrons. The number of aromatic nitrogens is 5. The Kier molecular flexibility index (Phi) is 9.52. The summed E-state index contributed by atoms with van der Waals surface area (Å²) in [5, 5.41) is 5.05. The molecule has 7 aromatic rings. The maximum Gasteiger partial charge on any atom is 0.245 e. The van der Waals surface area contributed by atoms with Crippen LogP contribution in [0.15, 0.2) is 120 Å². The van der Waals surface area contributed by atoms with Gasteiger partial charge < -0.3 is 24.3 Å². The van der Waals surface area contributed by atoms with Crippen molar-refractivity contribution in [2.75, 3.05) is 27.2 Å². The summed E-state index contributed by atoms with van der Waals surface area (Å²) in [5.41, 5.74) is 8.47. The van der Waals surface area contributed by atoms with Crippen molar-refractivity contribution in [1.29, 1.82) is 0 Å². The van der Waals surface area contributed by atoms with Crippen molar-refractivity contribution in [3.05, 3.63) is 138 Å². The number of amides is 2. The first-order chi connectivity index (χ1) is 27.4. The van der Waals surface area contributed by atoms with E-state index in [-0.39, 0.29) is 36.4 Å². The second kappa shape index (κ2) is 15.1. The normalized spacial score (nSPS) is 17.6. The van der Waals surface area contributed by atoms with Gasteiger partial charge in [-0.2, -0.15) is 0 Å². The van der Waals surface area contributed by atoms with E-state index in [0.717, 1.165) is 88.5 Å². The van der Waals surface area contributed by atoms with Crippen LogP contribution in [0.4, 0.5) is 0 Å². The minimum absolute atomic E-state index is 0.0256. The Labute approximate surface area is 325 Å². The number of rotatable bonds is 10. The molecule has 0 spiro atoms. The number of para-hydroxylation sites is 1. The average molecular weight is 745 g/mol. The quantitative estimate of drug-likeness (QED) is 0.145. The van der Waals surface area contributed by atoms with Crippen LogP contribution in [0.25, 0.3) is 44.6 Å². The second-order valence-electron chi connectivity index (χ2n) is 15.0. The Morgan fingerprint density at radius 3 is 1.86 bits per heavy atom. The fourth-order valence-electron chi connectivity index (χ4n) is 8.42. The van der Waals surface area contributed by atoms with Crippen molar-refractivity contribution in [3.63, 3.8) is 0 Å². The fourth-order valence-corrected chi connectivity index (χ4v) is 8.42. The minimum Gasteiger partial charge on any atom is -0.356 e. The fraction of sp³-hybridized carbons (Fsp3) is 0.267. The first kappa shape index (κ1) is 35.4. The van der Waals surface area contributed by atoms with Gasteiger partial charge in [0.15, 0.2) is 5.58 Å². The molecule has 0 unspecified atom stereocenters. The molecule has 0 saturated carbocycles. The molecule has 11 nitrogen and oxygen atoms in total. The summed E-state index contributed by atoms with van der Waals surface area (Å²) < 4.78 is 5.43. The summed E-state index contributed by atoms with van der Waals surface area (Å²) in [6.07, 6.45) is 7.53. The van der Waals surface area contributed by atoms with E-state index in [2.05, 4.69) is 63.7 Å². The molecule has 2 aliphatic rings. The van der Waals surface area contributed by atoms with Crippen LogP contribution in [0.1, 0.15) is 66.7 Å². The number of hydrogen-bond donors (Lipinski definition) is 2. The van der Waals surface area contributed by atoms with E-state index in [1.54, 1.807) is 0 Å². The lowest BCUT2D eigenvalue weighted by Crippen LogP contribution is -2.40. The van der Waals surface area contributed by atoms with E-state index in [1.165, 1.54) is 0 Å². The highest BCUT2D eigenvalue weighted by Crippen LogP contribution is 2.36. The maximum absolute atomic E-state index is 13.9. The van der Waals surface area contributed by atoms with Crippen LogP contribution in [-0.2, 0) is 16.0 Å². The van der Waals surface area contributed by atoms with Crippen LogP contribution >= 0.6 is 0 Å². The molecule has 5 heterocycles. The smallest absolute Gasteiger partial charge is 0.245 e. The van der Waals surface area contributed by atoms with Gasteiger partial charge in [-0.15, -0.1) is 0 Å². The number of carbonyl (C=O) groups excluding carboxylic acids is 2. The van der Waals surface area contributed by atoms with E-state index in [9.17, 15) is 9.59 Å². The zero-order valence-corrected chi connectivity index (χ0v) is 31.6. The van der Waals surface area contributed by atoms with Gasteiger partial charge in [-0.05, 0) is 79.7 Å². The highest BCUT2D eigenvalue weighted by Gasteiger charge is 2.37. The van der Waals surface area contributed by atoms with Crippen molar-refractivity contribution < 1.29 is 14.1 Å². The third-order valence-electron chi connectivity index (χ3n) is 11.3. The van der Waals surface area contributed by atoms with Gasteiger partial charge in [0.2, 0.25) is 11.8 Å². The number of likely N-dealkylation sites (N-methyl/N-ethyl adjacent to an activating group) is 1. The van der Waals surface area contributed by atoms with Gasteiger partial charge in [0, 0.05) is 18.5 Å². The van der Waals surface area contributed by atoms with Crippen molar-refractivity contribution in [2.45, 2.75) is 50.2 Å². The first-order valence-corrected chi connectivity index (χ1v) is 19.4. The number of carbonyl (C=O) groups is 2. The van der Waals surface area contributed by atoms with Gasteiger partial charge in [-0.25, -0.2) is 9.97 Å². The number of H-pyrrole nitrogens is 2. The zero-order valence-electron chi connectivity index (χ0n) is 31.6. The second-order valence-corrected chi connectivity index (χ2v) is 15.0. The van der Waals surface area contributed by atoms with E-state index in [1.807, 2.05) is 95.8 Å². The van der Waals surface area contributed by atoms with Gasteiger partial charge in [-0.3, -0.25) is 14.5 Å². The molecule has 3 aromatic heterocycles. The number of imidazole rings is 2. The predicted molar refractivity (Wildman–Crippen MR) is 215 cm³/mol. The molecular formula is C45H44N8O3. The van der Waals surface area contributed by atoms with Crippen LogP contribution in [0, 0.1) is 0 Å². The topological polar surface area (TPSA) is 127 Å². The zero-order chi connectivity index (χ0) is 38.2. The van der Waals surface area contributed by atoms with E-state index in [4.69, 9.17) is 14.5 Å². The predicted octanol–water partition coefficient (Wildman–Crippen LogP) is 8.15. The van der Waals surface area contributed by atoms with Crippen LogP contribution in [0.5, 0.6) is 0 Å². The monoisotopic (exact) mass is 744 g/mol. The maximum atomic E-state index is 13.9. The summed E-state index contributed by atoms with van der Waals surface area (Å²) >= 11 is 0. The molecule has 56 heavy (non-hydrogen) atoms. The van der Waals surface area contributed by atoms with E-state index < -0.39 is 0 Å². The van der Waals surface area contributed by atoms with E-state index in [0.29, 0.717) is 17.8 Å². The number of hydrogen-bond acceptors (Lipinski definition) is 7. The summed E-state index contributed by atoms with van der Waals surface area (Å²) in [4.78, 5) is 49.8. The van der Waals surface area contributed by atoms with E-state index >= 15 is 0 Å². The third kappa shape index (κ3) is 6.79. The molecule has 2 fully saturated rings. The molecule has 11 heteroatoms. The van der Waals surface area contributed by atoms with Gasteiger partial charge in [0.05, 0.1) is 42.3 Å². The lowest BCUT2D eigenvalue weighted by molar-refractivity contribution is -0.137. The molecule has 282 valence electrons. The molecule has 2 saturated heterocycles. The Morgan fingerprint density at radius 2 is 1.25 bits per heavy atom. The van der Waals surface area contributed by atoms with Crippen LogP contribution < -0.4 is 0 Å². The minimum atomic E-state index is -0.344. The molecule has 4 aromatic carbocycles. The molecular weight excluding hydrogens is 701 g/mol. The van der Waals surface area contributed by atoms with Gasteiger partial charge in [0.1, 0.15) is 23.4 Å². The lowest BCUT2D eigenvalue weighted by Gasteiger charge is -2.31. The number of benzene rings is 4. The Bertz CT molecular complexity index is 2470. The van der Waals surface area contributed by atoms with Crippen molar-refractivity contribution in [1.82, 2.24) is 39.8 Å². The number of aromatic amines is 2. The summed E-state index contributed by atoms with van der Waals surface area (Å²) in [6, 6.07) is 34.0. The molecule has 0 aliphatic carbocycles. The molecule has 2 N–H and O–H groups in total. The number of fused-ring (bicyclic) bond motifs is 1. The largest absolute Gasteiger partial charge is 0.356 e. The third-order valence-corrected chi connectivity index (χ3v) is 11.3. The summed E-state index contributed by atoms with van der Waals surface area (Å²) in [7, 11) is 3.91. The van der Waals surface area contributed by atoms with Crippen LogP contribution in [0.3, 0.4) is 0 Å². The Hall–Kier alpha value is -6.33. The lowest BCUT2D eigenvalue weighted by atomic mass is 10.0. The van der Waals surface area contributed by atoms with Crippen molar-refractivity contribution in [2.24, 2.45) is 0 Å². The molecule has 3 atom stereocenters. The summed E-state index contributed by atoms with van der Waals surface area (Å²) in [5.74, 6) is 1.75. The van der Waals surface area contributed by atoms with Gasteiger partial charge in [-0.1, -0.05) is 96.2 Å². The average Bonchev–Trinajstić information content (AvgIpc) is 4.08. The molecule has 2 amide bonds. The van der Waals surface area contributed by atoms with Crippen molar-refractivity contribution >= 4 is 22.8 Å². The number of nitrogens with one attached hydrogen (secondary N) is 2. The van der Waals surface area contributed by atoms with Gasteiger partial charge in [0.25, 0.3) is 0 Å². The highest BCUT2D eigenvalue weighted by molar-refractivity contribution is 5.87. The molecule has 9 rings (SSSR count). The molecule has 0 bridgehead atoms. The summed E-state index contributed by atoms with van der Waals surface area (Å²) in [6.45, 7) is 1.41. The van der Waals surface area contributed by atoms with Crippen LogP contribution in [-0.4, -0.2) is 78.8 Å². The SMILES string of the molecule is CN(C)[C@@H](C(=O)N1CCC[C@H]1c1ncc(-c2ccc(-c3ccc(-c4cnc([C@@H]5CCCN5C(=O)Cc5noc6ccccc56)[nH]4)cc3)cc2)[nH]1)c1ccccc1. The number of likely N-dealkylation sites (tertiary alicyclic amines) is 2. The number of nitrogens with zero attached hydrogens (tertiary/aromatic N) is 6. The Balaban J connectivity index is 0.851. The molecule has 2 aliphatic heterocycles. The van der Waals surface area contributed by atoms with Crippen molar-refractivity contribution in [3.8, 4) is 33.6 Å². The Morgan fingerprint density at radius 1 is 0.714 bits per heavy atom.